The zero-order valence-electron chi connectivity index (χ0n) is 34.0. The van der Waals surface area contributed by atoms with Gasteiger partial charge < -0.3 is 4.57 Å². The van der Waals surface area contributed by atoms with Crippen LogP contribution in [0.4, 0.5) is 0 Å². The van der Waals surface area contributed by atoms with Crippen LogP contribution in [0.5, 0.6) is 0 Å². The predicted molar refractivity (Wildman–Crippen MR) is 259 cm³/mol. The third-order valence-corrected chi connectivity index (χ3v) is 12.5. The second kappa shape index (κ2) is 14.0. The van der Waals surface area contributed by atoms with Crippen LogP contribution >= 0.6 is 0 Å². The van der Waals surface area contributed by atoms with Gasteiger partial charge in [-0.3, -0.25) is 9.13 Å². The van der Waals surface area contributed by atoms with E-state index < -0.39 is 0 Å². The fourth-order valence-electron chi connectivity index (χ4n) is 9.72. The van der Waals surface area contributed by atoms with Crippen molar-refractivity contribution in [2.24, 2.45) is 0 Å². The highest BCUT2D eigenvalue weighted by atomic mass is 15.3. The topological polar surface area (TPSA) is 53.5 Å². The summed E-state index contributed by atoms with van der Waals surface area (Å²) in [5.74, 6) is 1.67. The first-order valence-corrected chi connectivity index (χ1v) is 21.3. The molecule has 0 aliphatic heterocycles. The molecule has 294 valence electrons. The second-order valence-corrected chi connectivity index (χ2v) is 16.1. The number of hydrogen-bond acceptors (Lipinski definition) is 3. The maximum Gasteiger partial charge on any atom is 0.240 e. The minimum atomic E-state index is 0.538. The molecule has 0 spiro atoms. The Balaban J connectivity index is 1.16. The SMILES string of the molecule is c1ccc(-c2cccc(-c3nc(-n4c5ccccc5c5ccccc54)nc(-n4c5ccccc5c5ccc6c7ccccc7n(-c7cccc(-c8ccccc8)c7)c6c54)n3)c2)cc1. The number of rotatable bonds is 6. The minimum absolute atomic E-state index is 0.538. The molecule has 0 amide bonds. The lowest BCUT2D eigenvalue weighted by Gasteiger charge is -2.15. The normalized spacial score (nSPS) is 11.8. The lowest BCUT2D eigenvalue weighted by atomic mass is 10.0. The first-order chi connectivity index (χ1) is 31.3. The monoisotopic (exact) mass is 804 g/mol. The third kappa shape index (κ3) is 5.48. The average Bonchev–Trinajstić information content (AvgIpc) is 4.01. The van der Waals surface area contributed by atoms with E-state index in [9.17, 15) is 0 Å². The Morgan fingerprint density at radius 2 is 0.651 bits per heavy atom. The molecule has 0 unspecified atom stereocenters. The van der Waals surface area contributed by atoms with Crippen molar-refractivity contribution < 1.29 is 0 Å². The van der Waals surface area contributed by atoms with Gasteiger partial charge in [-0.2, -0.15) is 15.0 Å². The Labute approximate surface area is 362 Å². The van der Waals surface area contributed by atoms with Gasteiger partial charge in [-0.15, -0.1) is 0 Å². The predicted octanol–water partition coefficient (Wildman–Crippen LogP) is 14.2. The van der Waals surface area contributed by atoms with E-state index in [1.165, 1.54) is 10.9 Å². The third-order valence-electron chi connectivity index (χ3n) is 12.5. The summed E-state index contributed by atoms with van der Waals surface area (Å²) in [5, 5.41) is 6.85. The highest BCUT2D eigenvalue weighted by Gasteiger charge is 2.24. The molecule has 13 aromatic rings. The number of aromatic nitrogens is 6. The van der Waals surface area contributed by atoms with Crippen molar-refractivity contribution in [2.45, 2.75) is 0 Å². The molecule has 9 aromatic carbocycles. The molecule has 0 saturated heterocycles. The Morgan fingerprint density at radius 1 is 0.254 bits per heavy atom. The Morgan fingerprint density at radius 3 is 1.22 bits per heavy atom. The van der Waals surface area contributed by atoms with Crippen molar-refractivity contribution in [3.63, 3.8) is 0 Å². The molecule has 6 nitrogen and oxygen atoms in total. The van der Waals surface area contributed by atoms with Crippen molar-refractivity contribution in [2.75, 3.05) is 0 Å². The standard InChI is InChI=1S/C57H36N6/c1-3-17-37(18-4-1)39-21-15-23-41(35-39)55-58-56(62-50-30-12-7-25-43(50)44-26-8-13-31-51(44)62)60-57(59-55)63-52-32-14-10-28-46(52)48-34-33-47-45-27-9-11-29-49(45)61(53(47)54(48)63)42-24-16-22-40(36-42)38-19-5-2-6-20-38/h1-36H. The van der Waals surface area contributed by atoms with E-state index in [0.717, 1.165) is 88.0 Å². The summed E-state index contributed by atoms with van der Waals surface area (Å²) in [6, 6.07) is 77.4. The molecule has 63 heavy (non-hydrogen) atoms. The van der Waals surface area contributed by atoms with Gasteiger partial charge in [0, 0.05) is 43.6 Å². The molecule has 0 aliphatic carbocycles. The van der Waals surface area contributed by atoms with E-state index in [2.05, 4.69) is 226 Å². The number of benzene rings is 9. The van der Waals surface area contributed by atoms with Gasteiger partial charge >= 0.3 is 0 Å². The van der Waals surface area contributed by atoms with Gasteiger partial charge in [0.25, 0.3) is 0 Å². The minimum Gasteiger partial charge on any atom is -0.307 e. The number of hydrogen-bond donors (Lipinski definition) is 0. The largest absolute Gasteiger partial charge is 0.307 e. The van der Waals surface area contributed by atoms with Crippen LogP contribution in [0.2, 0.25) is 0 Å². The quantitative estimate of drug-likeness (QED) is 0.168. The Hall–Kier alpha value is -8.61. The molecule has 0 bridgehead atoms. The van der Waals surface area contributed by atoms with Crippen LogP contribution in [0, 0.1) is 0 Å². The van der Waals surface area contributed by atoms with Crippen LogP contribution in [-0.2, 0) is 0 Å². The number of para-hydroxylation sites is 4. The van der Waals surface area contributed by atoms with Gasteiger partial charge in [0.2, 0.25) is 11.9 Å². The van der Waals surface area contributed by atoms with Crippen LogP contribution in [0.25, 0.3) is 117 Å². The number of fused-ring (bicyclic) bond motifs is 10. The van der Waals surface area contributed by atoms with E-state index in [-0.39, 0.29) is 0 Å². The summed E-state index contributed by atoms with van der Waals surface area (Å²) < 4.78 is 6.89. The summed E-state index contributed by atoms with van der Waals surface area (Å²) in [6.45, 7) is 0. The zero-order valence-corrected chi connectivity index (χ0v) is 34.0. The molecule has 0 atom stereocenters. The van der Waals surface area contributed by atoms with Gasteiger partial charge in [-0.1, -0.05) is 176 Å². The van der Waals surface area contributed by atoms with Gasteiger partial charge in [0.05, 0.1) is 33.1 Å². The van der Waals surface area contributed by atoms with Crippen molar-refractivity contribution in [3.05, 3.63) is 218 Å². The van der Waals surface area contributed by atoms with Crippen LogP contribution in [0.15, 0.2) is 218 Å². The average molecular weight is 805 g/mol. The van der Waals surface area contributed by atoms with Gasteiger partial charge in [-0.25, -0.2) is 0 Å². The van der Waals surface area contributed by atoms with E-state index in [1.807, 2.05) is 6.07 Å². The van der Waals surface area contributed by atoms with Gasteiger partial charge in [0.1, 0.15) is 0 Å². The van der Waals surface area contributed by atoms with Crippen molar-refractivity contribution in [1.29, 1.82) is 0 Å². The number of nitrogens with zero attached hydrogens (tertiary/aromatic N) is 6. The molecule has 6 heteroatoms. The summed E-state index contributed by atoms with van der Waals surface area (Å²) in [7, 11) is 0. The maximum absolute atomic E-state index is 5.54. The van der Waals surface area contributed by atoms with E-state index in [4.69, 9.17) is 15.0 Å². The smallest absolute Gasteiger partial charge is 0.240 e. The first kappa shape index (κ1) is 35.2. The molecule has 4 heterocycles. The van der Waals surface area contributed by atoms with Gasteiger partial charge in [0.15, 0.2) is 5.82 Å². The summed E-state index contributed by atoms with van der Waals surface area (Å²) in [5.41, 5.74) is 12.8. The zero-order chi connectivity index (χ0) is 41.4. The summed E-state index contributed by atoms with van der Waals surface area (Å²) in [4.78, 5) is 16.4. The van der Waals surface area contributed by atoms with E-state index in [0.29, 0.717) is 17.7 Å². The molecule has 13 rings (SSSR count). The first-order valence-electron chi connectivity index (χ1n) is 21.3. The molecule has 0 saturated carbocycles. The second-order valence-electron chi connectivity index (χ2n) is 16.1. The maximum atomic E-state index is 5.54. The summed E-state index contributed by atoms with van der Waals surface area (Å²) >= 11 is 0. The molecular formula is C57H36N6. The highest BCUT2D eigenvalue weighted by Crippen LogP contribution is 2.42. The summed E-state index contributed by atoms with van der Waals surface area (Å²) in [6.07, 6.45) is 0. The Bertz CT molecular complexity index is 3860. The molecule has 0 radical (unpaired) electrons. The van der Waals surface area contributed by atoms with Crippen molar-refractivity contribution in [1.82, 2.24) is 28.7 Å². The Kier molecular flexibility index (Phi) is 7.80. The van der Waals surface area contributed by atoms with Crippen LogP contribution < -0.4 is 0 Å². The highest BCUT2D eigenvalue weighted by molar-refractivity contribution is 6.23. The molecule has 4 aromatic heterocycles. The van der Waals surface area contributed by atoms with Crippen LogP contribution in [0.3, 0.4) is 0 Å². The van der Waals surface area contributed by atoms with Crippen LogP contribution in [0.1, 0.15) is 0 Å². The van der Waals surface area contributed by atoms with E-state index >= 15 is 0 Å². The van der Waals surface area contributed by atoms with Crippen molar-refractivity contribution in [3.8, 4) is 51.2 Å². The molecular weight excluding hydrogens is 769 g/mol. The molecule has 0 fully saturated rings. The fraction of sp³-hybridized carbons (Fsp3) is 0. The van der Waals surface area contributed by atoms with Crippen molar-refractivity contribution >= 4 is 65.4 Å². The van der Waals surface area contributed by atoms with E-state index in [1.54, 1.807) is 0 Å². The fourth-order valence-corrected chi connectivity index (χ4v) is 9.72. The lowest BCUT2D eigenvalue weighted by Crippen LogP contribution is -2.10. The van der Waals surface area contributed by atoms with Crippen LogP contribution in [-0.4, -0.2) is 28.7 Å². The van der Waals surface area contributed by atoms with Gasteiger partial charge in [-0.05, 0) is 64.7 Å². The lowest BCUT2D eigenvalue weighted by molar-refractivity contribution is 0.893. The molecule has 0 N–H and O–H groups in total. The molecule has 0 aliphatic rings.